The summed E-state index contributed by atoms with van der Waals surface area (Å²) < 4.78 is 0. The lowest BCUT2D eigenvalue weighted by Crippen LogP contribution is -2.30. The molecule has 0 atom stereocenters. The quantitative estimate of drug-likeness (QED) is 0.267. The van der Waals surface area contributed by atoms with Crippen LogP contribution >= 0.6 is 0 Å². The number of hydrogen-bond donors (Lipinski definition) is 2. The Morgan fingerprint density at radius 3 is 1.26 bits per heavy atom. The van der Waals surface area contributed by atoms with Crippen LogP contribution in [0.25, 0.3) is 11.1 Å². The molecule has 202 valence electrons. The number of rotatable bonds is 15. The van der Waals surface area contributed by atoms with Crippen LogP contribution in [0.3, 0.4) is 0 Å². The Labute approximate surface area is 220 Å². The second kappa shape index (κ2) is 12.9. The number of aliphatic hydroxyl groups is 2. The van der Waals surface area contributed by atoms with E-state index in [1.54, 1.807) is 36.4 Å². The van der Waals surface area contributed by atoms with E-state index in [-0.39, 0.29) is 48.7 Å². The maximum absolute atomic E-state index is 12.9. The van der Waals surface area contributed by atoms with Crippen molar-refractivity contribution in [3.8, 4) is 11.1 Å². The van der Waals surface area contributed by atoms with E-state index in [0.29, 0.717) is 36.8 Å². The molecule has 38 heavy (non-hydrogen) atoms. The van der Waals surface area contributed by atoms with Crippen LogP contribution in [0.5, 0.6) is 0 Å². The number of hydrogen-bond acceptors (Lipinski definition) is 8. The van der Waals surface area contributed by atoms with E-state index in [0.717, 1.165) is 35.8 Å². The van der Waals surface area contributed by atoms with Crippen molar-refractivity contribution < 1.29 is 39.1 Å². The van der Waals surface area contributed by atoms with Gasteiger partial charge in [0.15, 0.2) is 0 Å². The minimum absolute atomic E-state index is 0.134. The summed E-state index contributed by atoms with van der Waals surface area (Å²) in [5.74, 6) is -2.14. The summed E-state index contributed by atoms with van der Waals surface area (Å²) >= 11 is 0. The summed E-state index contributed by atoms with van der Waals surface area (Å²) in [6.45, 7) is 0.696. The van der Waals surface area contributed by atoms with Crippen LogP contribution in [0, 0.1) is 0 Å². The van der Waals surface area contributed by atoms with Gasteiger partial charge in [-0.15, -0.1) is 10.1 Å². The third-order valence-corrected chi connectivity index (χ3v) is 6.58. The van der Waals surface area contributed by atoms with Crippen molar-refractivity contribution >= 4 is 23.6 Å². The second-order valence-electron chi connectivity index (χ2n) is 9.27. The molecule has 4 rings (SSSR count). The number of carbonyl (C=O) groups excluding carboxylic acids is 4. The highest BCUT2D eigenvalue weighted by molar-refractivity contribution is 6.22. The number of fused-ring (bicyclic) bond motifs is 2. The summed E-state index contributed by atoms with van der Waals surface area (Å²) in [5.41, 5.74) is 2.13. The molecule has 0 saturated heterocycles. The van der Waals surface area contributed by atoms with Crippen LogP contribution in [0.15, 0.2) is 36.4 Å². The zero-order valence-electron chi connectivity index (χ0n) is 21.2. The molecule has 2 aromatic rings. The standard InChI is InChI=1S/C28H32N2O8/c31-13-5-1-3-7-15-37-29-25(33)21-11-9-19(17-23(21)27(29)35)20-10-12-22-24(18-20)28(36)30(26(22)34)38-16-8-4-2-6-14-32/h9-12,17-18,31-32H,1-8,13-16H2. The third kappa shape index (κ3) is 5.83. The van der Waals surface area contributed by atoms with Gasteiger partial charge in [-0.3, -0.25) is 28.9 Å². The minimum Gasteiger partial charge on any atom is -0.396 e. The molecular formula is C28H32N2O8. The Kier molecular flexibility index (Phi) is 9.35. The van der Waals surface area contributed by atoms with Gasteiger partial charge in [-0.1, -0.05) is 37.8 Å². The molecule has 0 spiro atoms. The van der Waals surface area contributed by atoms with Crippen molar-refractivity contribution in [3.05, 3.63) is 58.7 Å². The van der Waals surface area contributed by atoms with Gasteiger partial charge in [-0.2, -0.15) is 0 Å². The molecule has 0 aliphatic carbocycles. The molecule has 4 amide bonds. The lowest BCUT2D eigenvalue weighted by atomic mass is 9.97. The average molecular weight is 525 g/mol. The number of hydroxylamine groups is 4. The number of benzene rings is 2. The first-order chi connectivity index (χ1) is 18.5. The van der Waals surface area contributed by atoms with E-state index < -0.39 is 23.6 Å². The molecule has 2 aliphatic heterocycles. The number of carbonyl (C=O) groups is 4. The summed E-state index contributed by atoms with van der Waals surface area (Å²) in [6.07, 6.45) is 6.05. The fourth-order valence-corrected chi connectivity index (χ4v) is 4.48. The maximum Gasteiger partial charge on any atom is 0.285 e. The van der Waals surface area contributed by atoms with E-state index in [9.17, 15) is 19.2 Å². The summed E-state index contributed by atoms with van der Waals surface area (Å²) in [4.78, 5) is 62.0. The molecular weight excluding hydrogens is 492 g/mol. The molecule has 0 fully saturated rings. The zero-order valence-corrected chi connectivity index (χ0v) is 21.2. The lowest BCUT2D eigenvalue weighted by Gasteiger charge is -2.13. The topological polar surface area (TPSA) is 134 Å². The Balaban J connectivity index is 1.42. The SMILES string of the molecule is O=C1c2ccc(-c3ccc4c(c3)C(=O)N(OCCCCCCO)C4=O)cc2C(=O)N1OCCCCCCO. The Hall–Kier alpha value is -3.44. The monoisotopic (exact) mass is 524 g/mol. The summed E-state index contributed by atoms with van der Waals surface area (Å²) in [6, 6.07) is 9.66. The number of imide groups is 2. The third-order valence-electron chi connectivity index (χ3n) is 6.58. The molecule has 2 N–H and O–H groups in total. The molecule has 10 heteroatoms. The molecule has 0 radical (unpaired) electrons. The van der Waals surface area contributed by atoms with Gasteiger partial charge in [0.25, 0.3) is 23.6 Å². The van der Waals surface area contributed by atoms with Gasteiger partial charge in [0.2, 0.25) is 0 Å². The predicted molar refractivity (Wildman–Crippen MR) is 136 cm³/mol. The van der Waals surface area contributed by atoms with Crippen molar-refractivity contribution in [3.63, 3.8) is 0 Å². The first-order valence-electron chi connectivity index (χ1n) is 13.0. The van der Waals surface area contributed by atoms with Gasteiger partial charge in [-0.05, 0) is 61.1 Å². The number of aliphatic hydroxyl groups excluding tert-OH is 2. The maximum atomic E-state index is 12.9. The van der Waals surface area contributed by atoms with Crippen LogP contribution in [-0.4, -0.2) is 70.4 Å². The summed E-state index contributed by atoms with van der Waals surface area (Å²) in [5, 5.41) is 19.2. The summed E-state index contributed by atoms with van der Waals surface area (Å²) in [7, 11) is 0. The van der Waals surface area contributed by atoms with Gasteiger partial charge >= 0.3 is 0 Å². The molecule has 0 aromatic heterocycles. The molecule has 0 bridgehead atoms. The van der Waals surface area contributed by atoms with Gasteiger partial charge in [0.1, 0.15) is 0 Å². The van der Waals surface area contributed by atoms with Crippen molar-refractivity contribution in [1.82, 2.24) is 10.1 Å². The first-order valence-corrected chi connectivity index (χ1v) is 13.0. The van der Waals surface area contributed by atoms with Crippen LogP contribution in [0.1, 0.15) is 92.8 Å². The van der Waals surface area contributed by atoms with Gasteiger partial charge in [-0.25, -0.2) is 0 Å². The van der Waals surface area contributed by atoms with Gasteiger partial charge < -0.3 is 10.2 Å². The average Bonchev–Trinajstić information content (AvgIpc) is 3.31. The highest BCUT2D eigenvalue weighted by Gasteiger charge is 2.39. The fraction of sp³-hybridized carbons (Fsp3) is 0.429. The van der Waals surface area contributed by atoms with E-state index in [2.05, 4.69) is 0 Å². The fourth-order valence-electron chi connectivity index (χ4n) is 4.48. The molecule has 2 heterocycles. The van der Waals surface area contributed by atoms with Crippen molar-refractivity contribution in [2.75, 3.05) is 26.4 Å². The predicted octanol–water partition coefficient (Wildman–Crippen LogP) is 3.51. The Morgan fingerprint density at radius 2 is 0.868 bits per heavy atom. The van der Waals surface area contributed by atoms with Crippen molar-refractivity contribution in [1.29, 1.82) is 0 Å². The van der Waals surface area contributed by atoms with Crippen LogP contribution in [0.2, 0.25) is 0 Å². The van der Waals surface area contributed by atoms with Gasteiger partial charge in [0, 0.05) is 13.2 Å². The van der Waals surface area contributed by atoms with E-state index in [1.807, 2.05) is 0 Å². The molecule has 0 unspecified atom stereocenters. The smallest absolute Gasteiger partial charge is 0.285 e. The van der Waals surface area contributed by atoms with E-state index >= 15 is 0 Å². The Morgan fingerprint density at radius 1 is 0.500 bits per heavy atom. The number of unbranched alkanes of at least 4 members (excludes halogenated alkanes) is 6. The van der Waals surface area contributed by atoms with Crippen LogP contribution < -0.4 is 0 Å². The van der Waals surface area contributed by atoms with Crippen LogP contribution in [-0.2, 0) is 9.68 Å². The second-order valence-corrected chi connectivity index (χ2v) is 9.27. The minimum atomic E-state index is -0.548. The highest BCUT2D eigenvalue weighted by Crippen LogP contribution is 2.32. The Bertz CT molecular complexity index is 1120. The highest BCUT2D eigenvalue weighted by atomic mass is 16.7. The largest absolute Gasteiger partial charge is 0.396 e. The zero-order chi connectivity index (χ0) is 27.1. The lowest BCUT2D eigenvalue weighted by molar-refractivity contribution is -0.0925. The molecule has 2 aliphatic rings. The van der Waals surface area contributed by atoms with Gasteiger partial charge in [0.05, 0.1) is 35.5 Å². The molecule has 2 aromatic carbocycles. The van der Waals surface area contributed by atoms with E-state index in [4.69, 9.17) is 19.9 Å². The van der Waals surface area contributed by atoms with E-state index in [1.165, 1.54) is 0 Å². The molecule has 10 nitrogen and oxygen atoms in total. The normalized spacial score (nSPS) is 14.6. The first kappa shape index (κ1) is 27.6. The number of nitrogens with zero attached hydrogens (tertiary/aromatic N) is 2. The van der Waals surface area contributed by atoms with Crippen LogP contribution in [0.4, 0.5) is 0 Å². The number of amides is 4. The van der Waals surface area contributed by atoms with Crippen molar-refractivity contribution in [2.24, 2.45) is 0 Å². The molecule has 0 saturated carbocycles. The van der Waals surface area contributed by atoms with Crippen molar-refractivity contribution in [2.45, 2.75) is 51.4 Å².